The van der Waals surface area contributed by atoms with Gasteiger partial charge in [0.05, 0.1) is 10.6 Å². The molecule has 5 nitrogen and oxygen atoms in total. The summed E-state index contributed by atoms with van der Waals surface area (Å²) >= 11 is 9.11. The van der Waals surface area contributed by atoms with Crippen molar-refractivity contribution in [3.63, 3.8) is 0 Å². The van der Waals surface area contributed by atoms with Gasteiger partial charge >= 0.3 is 0 Å². The summed E-state index contributed by atoms with van der Waals surface area (Å²) < 4.78 is 25.5. The van der Waals surface area contributed by atoms with E-state index in [9.17, 15) is 13.2 Å². The minimum absolute atomic E-state index is 0.0613. The third kappa shape index (κ3) is 5.17. The van der Waals surface area contributed by atoms with Crippen LogP contribution in [0, 0.1) is 0 Å². The predicted octanol–water partition coefficient (Wildman–Crippen LogP) is 1.99. The Labute approximate surface area is 150 Å². The summed E-state index contributed by atoms with van der Waals surface area (Å²) in [6.45, 7) is 4.66. The standard InChI is InChI=1S/C15H20BrClN2O3S/c1-12(17)15(20)19-8-6-18(7-9-19)10-11-23(21,22)14-4-2-13(16)3-5-14/h2-5,12H,6-11H2,1H3. The van der Waals surface area contributed by atoms with Crippen molar-refractivity contribution in [3.05, 3.63) is 28.7 Å². The van der Waals surface area contributed by atoms with Crippen molar-refractivity contribution in [2.45, 2.75) is 17.2 Å². The molecule has 0 spiro atoms. The normalized spacial score (nSPS) is 18.0. The molecule has 1 aromatic carbocycles. The van der Waals surface area contributed by atoms with E-state index in [0.29, 0.717) is 37.6 Å². The van der Waals surface area contributed by atoms with Gasteiger partial charge in [0.2, 0.25) is 5.91 Å². The Bertz CT molecular complexity index is 641. The van der Waals surface area contributed by atoms with Crippen molar-refractivity contribution in [3.8, 4) is 0 Å². The summed E-state index contributed by atoms with van der Waals surface area (Å²) in [5, 5.41) is -0.515. The lowest BCUT2D eigenvalue weighted by atomic mass is 10.3. The maximum atomic E-state index is 12.3. The van der Waals surface area contributed by atoms with E-state index in [4.69, 9.17) is 11.6 Å². The van der Waals surface area contributed by atoms with Crippen LogP contribution >= 0.6 is 27.5 Å². The highest BCUT2D eigenvalue weighted by Gasteiger charge is 2.24. The molecule has 0 aromatic heterocycles. The number of hydrogen-bond donors (Lipinski definition) is 0. The highest BCUT2D eigenvalue weighted by atomic mass is 79.9. The molecule has 0 radical (unpaired) electrons. The molecule has 1 saturated heterocycles. The number of benzene rings is 1. The molecule has 23 heavy (non-hydrogen) atoms. The van der Waals surface area contributed by atoms with Gasteiger partial charge in [-0.3, -0.25) is 9.69 Å². The van der Waals surface area contributed by atoms with E-state index in [2.05, 4.69) is 20.8 Å². The Morgan fingerprint density at radius 2 is 1.78 bits per heavy atom. The highest BCUT2D eigenvalue weighted by Crippen LogP contribution is 2.16. The number of alkyl halides is 1. The predicted molar refractivity (Wildman–Crippen MR) is 94.5 cm³/mol. The molecular weight excluding hydrogens is 404 g/mol. The first kappa shape index (κ1) is 18.7. The Balaban J connectivity index is 1.85. The van der Waals surface area contributed by atoms with E-state index in [-0.39, 0.29) is 11.7 Å². The molecule has 8 heteroatoms. The number of nitrogens with zero attached hydrogens (tertiary/aromatic N) is 2. The maximum absolute atomic E-state index is 12.3. The molecule has 1 aliphatic rings. The van der Waals surface area contributed by atoms with Gasteiger partial charge in [-0.2, -0.15) is 0 Å². The molecule has 0 N–H and O–H groups in total. The van der Waals surface area contributed by atoms with E-state index in [1.54, 1.807) is 36.1 Å². The summed E-state index contributed by atoms with van der Waals surface area (Å²) in [5.41, 5.74) is 0. The van der Waals surface area contributed by atoms with Gasteiger partial charge in [-0.05, 0) is 31.2 Å². The molecule has 0 aliphatic carbocycles. The zero-order valence-electron chi connectivity index (χ0n) is 12.9. The Morgan fingerprint density at radius 3 is 2.30 bits per heavy atom. The van der Waals surface area contributed by atoms with Gasteiger partial charge in [0.1, 0.15) is 5.38 Å². The molecule has 0 saturated carbocycles. The topological polar surface area (TPSA) is 57.7 Å². The summed E-state index contributed by atoms with van der Waals surface area (Å²) in [7, 11) is -3.28. The fourth-order valence-corrected chi connectivity index (χ4v) is 4.14. The van der Waals surface area contributed by atoms with Gasteiger partial charge < -0.3 is 4.90 Å². The molecular formula is C15H20BrClN2O3S. The van der Waals surface area contributed by atoms with Crippen LogP contribution in [0.2, 0.25) is 0 Å². The Morgan fingerprint density at radius 1 is 1.22 bits per heavy atom. The number of carbonyl (C=O) groups is 1. The molecule has 1 heterocycles. The summed E-state index contributed by atoms with van der Waals surface area (Å²) in [6, 6.07) is 6.67. The number of sulfone groups is 1. The minimum atomic E-state index is -3.28. The number of carbonyl (C=O) groups excluding carboxylic acids is 1. The SMILES string of the molecule is CC(Cl)C(=O)N1CCN(CCS(=O)(=O)c2ccc(Br)cc2)CC1. The third-order valence-corrected chi connectivity index (χ3v) is 6.30. The van der Waals surface area contributed by atoms with Crippen LogP contribution in [0.3, 0.4) is 0 Å². The first-order valence-corrected chi connectivity index (χ1v) is 10.3. The molecule has 1 aliphatic heterocycles. The lowest BCUT2D eigenvalue weighted by Crippen LogP contribution is -2.51. The van der Waals surface area contributed by atoms with E-state index in [1.807, 2.05) is 0 Å². The van der Waals surface area contributed by atoms with Crippen molar-refractivity contribution in [1.29, 1.82) is 0 Å². The van der Waals surface area contributed by atoms with Crippen molar-refractivity contribution in [2.24, 2.45) is 0 Å². The lowest BCUT2D eigenvalue weighted by molar-refractivity contribution is -0.132. The van der Waals surface area contributed by atoms with Crippen LogP contribution in [0.15, 0.2) is 33.6 Å². The second kappa shape index (κ2) is 7.96. The number of hydrogen-bond acceptors (Lipinski definition) is 4. The van der Waals surface area contributed by atoms with Crippen LogP contribution in [0.1, 0.15) is 6.92 Å². The van der Waals surface area contributed by atoms with Gasteiger partial charge in [0.25, 0.3) is 0 Å². The van der Waals surface area contributed by atoms with Crippen LogP contribution in [-0.2, 0) is 14.6 Å². The quantitative estimate of drug-likeness (QED) is 0.680. The van der Waals surface area contributed by atoms with E-state index in [1.165, 1.54) is 0 Å². The van der Waals surface area contributed by atoms with Gasteiger partial charge in [-0.15, -0.1) is 11.6 Å². The van der Waals surface area contributed by atoms with Crippen molar-refractivity contribution in [1.82, 2.24) is 9.80 Å². The zero-order chi connectivity index (χ0) is 17.0. The van der Waals surface area contributed by atoms with Crippen molar-refractivity contribution in [2.75, 3.05) is 38.5 Å². The first-order chi connectivity index (χ1) is 10.8. The second-order valence-corrected chi connectivity index (χ2v) is 9.24. The lowest BCUT2D eigenvalue weighted by Gasteiger charge is -2.35. The zero-order valence-corrected chi connectivity index (χ0v) is 16.1. The van der Waals surface area contributed by atoms with Crippen LogP contribution in [0.5, 0.6) is 0 Å². The van der Waals surface area contributed by atoms with Gasteiger partial charge in [-0.1, -0.05) is 15.9 Å². The first-order valence-electron chi connectivity index (χ1n) is 7.43. The second-order valence-electron chi connectivity index (χ2n) is 5.56. The van der Waals surface area contributed by atoms with Gasteiger partial charge in [0, 0.05) is 37.2 Å². The summed E-state index contributed by atoms with van der Waals surface area (Å²) in [5.74, 6) is 0.0166. The smallest absolute Gasteiger partial charge is 0.240 e. The fraction of sp³-hybridized carbons (Fsp3) is 0.533. The molecule has 0 bridgehead atoms. The van der Waals surface area contributed by atoms with Crippen molar-refractivity contribution < 1.29 is 13.2 Å². The van der Waals surface area contributed by atoms with Crippen LogP contribution < -0.4 is 0 Å². The van der Waals surface area contributed by atoms with Crippen molar-refractivity contribution >= 4 is 43.3 Å². The average Bonchev–Trinajstić information content (AvgIpc) is 2.53. The van der Waals surface area contributed by atoms with Crippen LogP contribution in [-0.4, -0.2) is 68.0 Å². The van der Waals surface area contributed by atoms with Crippen LogP contribution in [0.25, 0.3) is 0 Å². The molecule has 2 rings (SSSR count). The number of piperazine rings is 1. The molecule has 1 atom stereocenters. The number of rotatable bonds is 5. The van der Waals surface area contributed by atoms with E-state index < -0.39 is 15.2 Å². The molecule has 1 fully saturated rings. The highest BCUT2D eigenvalue weighted by molar-refractivity contribution is 9.10. The summed E-state index contributed by atoms with van der Waals surface area (Å²) in [4.78, 5) is 16.0. The van der Waals surface area contributed by atoms with Gasteiger partial charge in [0.15, 0.2) is 9.84 Å². The van der Waals surface area contributed by atoms with Gasteiger partial charge in [-0.25, -0.2) is 8.42 Å². The molecule has 128 valence electrons. The molecule has 1 amide bonds. The number of halogens is 2. The maximum Gasteiger partial charge on any atom is 0.240 e. The van der Waals surface area contributed by atoms with E-state index >= 15 is 0 Å². The molecule has 1 unspecified atom stereocenters. The largest absolute Gasteiger partial charge is 0.339 e. The Kier molecular flexibility index (Phi) is 6.48. The van der Waals surface area contributed by atoms with E-state index in [0.717, 1.165) is 4.47 Å². The summed E-state index contributed by atoms with van der Waals surface area (Å²) in [6.07, 6.45) is 0. The number of amides is 1. The van der Waals surface area contributed by atoms with Crippen LogP contribution in [0.4, 0.5) is 0 Å². The fourth-order valence-electron chi connectivity index (χ4n) is 2.45. The Hall–Kier alpha value is -0.630. The minimum Gasteiger partial charge on any atom is -0.339 e. The molecule has 1 aromatic rings. The average molecular weight is 424 g/mol. The monoisotopic (exact) mass is 422 g/mol. The third-order valence-electron chi connectivity index (χ3n) is 3.87.